The Balaban J connectivity index is 1.24. The Bertz CT molecular complexity index is 1370. The Morgan fingerprint density at radius 3 is 2.62 bits per heavy atom. The van der Waals surface area contributed by atoms with E-state index in [1.54, 1.807) is 24.7 Å². The molecule has 0 radical (unpaired) electrons. The first-order valence-corrected chi connectivity index (χ1v) is 12.4. The van der Waals surface area contributed by atoms with Crippen LogP contribution in [-0.2, 0) is 22.7 Å². The normalized spacial score (nSPS) is 13.7. The van der Waals surface area contributed by atoms with Crippen molar-refractivity contribution in [2.24, 2.45) is 0 Å². The predicted molar refractivity (Wildman–Crippen MR) is 141 cm³/mol. The lowest BCUT2D eigenvalue weighted by atomic mass is 10.1. The molecule has 5 rings (SSSR count). The van der Waals surface area contributed by atoms with Crippen molar-refractivity contribution >= 4 is 23.6 Å². The third-order valence-electron chi connectivity index (χ3n) is 6.25. The molecule has 3 aromatic heterocycles. The number of hydrogen-bond acceptors (Lipinski definition) is 5. The van der Waals surface area contributed by atoms with Crippen LogP contribution in [-0.4, -0.2) is 42.4 Å². The van der Waals surface area contributed by atoms with Crippen LogP contribution < -0.4 is 10.6 Å². The number of nitrogens with zero attached hydrogens (tertiary/aromatic N) is 5. The highest BCUT2D eigenvalue weighted by molar-refractivity contribution is 6.02. The van der Waals surface area contributed by atoms with Gasteiger partial charge in [0.25, 0.3) is 0 Å². The summed E-state index contributed by atoms with van der Waals surface area (Å²) in [7, 11) is 0. The van der Waals surface area contributed by atoms with Crippen molar-refractivity contribution < 1.29 is 9.59 Å². The largest absolute Gasteiger partial charge is 0.352 e. The van der Waals surface area contributed by atoms with E-state index < -0.39 is 0 Å². The van der Waals surface area contributed by atoms with Gasteiger partial charge < -0.3 is 10.6 Å². The lowest BCUT2D eigenvalue weighted by Gasteiger charge is -2.11. The molecule has 1 aromatic carbocycles. The summed E-state index contributed by atoms with van der Waals surface area (Å²) >= 11 is 0. The van der Waals surface area contributed by atoms with Gasteiger partial charge in [0.1, 0.15) is 12.2 Å². The number of anilines is 1. The number of pyridine rings is 1. The quantitative estimate of drug-likeness (QED) is 0.343. The molecule has 1 aliphatic rings. The van der Waals surface area contributed by atoms with Gasteiger partial charge in [-0.3, -0.25) is 23.9 Å². The molecule has 0 aliphatic heterocycles. The summed E-state index contributed by atoms with van der Waals surface area (Å²) in [6.45, 7) is 0.735. The van der Waals surface area contributed by atoms with Crippen LogP contribution in [0.15, 0.2) is 79.5 Å². The van der Waals surface area contributed by atoms with E-state index in [0.29, 0.717) is 12.2 Å². The minimum absolute atomic E-state index is 0.0665. The Labute approximate surface area is 215 Å². The molecule has 188 valence electrons. The number of amides is 2. The van der Waals surface area contributed by atoms with Gasteiger partial charge in [0, 0.05) is 48.0 Å². The second-order valence-electron chi connectivity index (χ2n) is 9.16. The van der Waals surface area contributed by atoms with Gasteiger partial charge >= 0.3 is 0 Å². The van der Waals surface area contributed by atoms with Gasteiger partial charge in [-0.15, -0.1) is 0 Å². The van der Waals surface area contributed by atoms with E-state index >= 15 is 0 Å². The lowest BCUT2D eigenvalue weighted by Crippen LogP contribution is -2.35. The maximum atomic E-state index is 12.6. The minimum atomic E-state index is -0.303. The van der Waals surface area contributed by atoms with Gasteiger partial charge in [0.2, 0.25) is 11.8 Å². The smallest absolute Gasteiger partial charge is 0.248 e. The molecule has 0 unspecified atom stereocenters. The maximum absolute atomic E-state index is 12.6. The summed E-state index contributed by atoms with van der Waals surface area (Å²) in [5, 5.41) is 14.8. The van der Waals surface area contributed by atoms with Crippen molar-refractivity contribution in [2.45, 2.75) is 44.8 Å². The Kier molecular flexibility index (Phi) is 7.50. The van der Waals surface area contributed by atoms with Crippen LogP contribution in [0.2, 0.25) is 0 Å². The zero-order valence-corrected chi connectivity index (χ0v) is 20.5. The van der Waals surface area contributed by atoms with Gasteiger partial charge in [-0.05, 0) is 36.6 Å². The molecule has 0 bridgehead atoms. The first kappa shape index (κ1) is 24.2. The Morgan fingerprint density at radius 1 is 1.00 bits per heavy atom. The number of benzene rings is 1. The predicted octanol–water partition coefficient (Wildman–Crippen LogP) is 3.90. The van der Waals surface area contributed by atoms with Gasteiger partial charge in [0.05, 0.1) is 18.4 Å². The van der Waals surface area contributed by atoms with Gasteiger partial charge in [-0.1, -0.05) is 43.2 Å². The molecule has 9 nitrogen and oxygen atoms in total. The van der Waals surface area contributed by atoms with Crippen molar-refractivity contribution in [2.75, 3.05) is 5.32 Å². The molecule has 3 heterocycles. The fourth-order valence-corrected chi connectivity index (χ4v) is 4.49. The van der Waals surface area contributed by atoms with E-state index in [4.69, 9.17) is 5.10 Å². The monoisotopic (exact) mass is 495 g/mol. The van der Waals surface area contributed by atoms with Crippen LogP contribution in [0.3, 0.4) is 0 Å². The highest BCUT2D eigenvalue weighted by Crippen LogP contribution is 2.23. The first-order valence-electron chi connectivity index (χ1n) is 12.4. The maximum Gasteiger partial charge on any atom is 0.248 e. The number of aromatic nitrogens is 5. The van der Waals surface area contributed by atoms with Crippen LogP contribution in [0.1, 0.15) is 36.8 Å². The van der Waals surface area contributed by atoms with Crippen molar-refractivity contribution in [3.05, 3.63) is 90.7 Å². The van der Waals surface area contributed by atoms with Crippen molar-refractivity contribution in [1.29, 1.82) is 0 Å². The summed E-state index contributed by atoms with van der Waals surface area (Å²) in [5.74, 6) is -0.369. The minimum Gasteiger partial charge on any atom is -0.352 e. The van der Waals surface area contributed by atoms with E-state index in [1.807, 2.05) is 53.3 Å². The standard InChI is InChI=1S/C28H29N7O2/c36-26(32-25-16-30-34(19-25)20-27(37)31-24-10-4-5-11-24)13-12-23-18-35(17-21-7-2-1-3-8-21)33-28(23)22-9-6-14-29-15-22/h1-3,6-9,12-16,18-19,24H,4-5,10-11,17,20H2,(H,31,37)(H,32,36)/b13-12+. The van der Waals surface area contributed by atoms with Gasteiger partial charge in [0.15, 0.2) is 0 Å². The van der Waals surface area contributed by atoms with Crippen molar-refractivity contribution in [3.8, 4) is 11.3 Å². The zero-order chi connectivity index (χ0) is 25.5. The fourth-order valence-electron chi connectivity index (χ4n) is 4.49. The zero-order valence-electron chi connectivity index (χ0n) is 20.5. The van der Waals surface area contributed by atoms with Crippen LogP contribution in [0.25, 0.3) is 17.3 Å². The highest BCUT2D eigenvalue weighted by Gasteiger charge is 2.17. The van der Waals surface area contributed by atoms with Crippen molar-refractivity contribution in [3.63, 3.8) is 0 Å². The van der Waals surface area contributed by atoms with Crippen LogP contribution in [0.4, 0.5) is 5.69 Å². The van der Waals surface area contributed by atoms with Crippen LogP contribution in [0, 0.1) is 0 Å². The summed E-state index contributed by atoms with van der Waals surface area (Å²) in [6.07, 6.45) is 16.2. The van der Waals surface area contributed by atoms with E-state index in [0.717, 1.165) is 48.1 Å². The molecule has 0 spiro atoms. The number of carbonyl (C=O) groups is 2. The average molecular weight is 496 g/mol. The van der Waals surface area contributed by atoms with Crippen molar-refractivity contribution in [1.82, 2.24) is 29.9 Å². The summed E-state index contributed by atoms with van der Waals surface area (Å²) < 4.78 is 3.38. The molecule has 2 amide bonds. The summed E-state index contributed by atoms with van der Waals surface area (Å²) in [5.41, 5.74) is 4.07. The first-order chi connectivity index (χ1) is 18.1. The third kappa shape index (κ3) is 6.58. The SMILES string of the molecule is O=C(/C=C/c1cn(Cc2ccccc2)nc1-c1cccnc1)Nc1cnn(CC(=O)NC2CCCC2)c1. The summed E-state index contributed by atoms with van der Waals surface area (Å²) in [4.78, 5) is 29.1. The second-order valence-corrected chi connectivity index (χ2v) is 9.16. The number of rotatable bonds is 9. The molecular weight excluding hydrogens is 466 g/mol. The number of hydrogen-bond donors (Lipinski definition) is 2. The molecule has 2 N–H and O–H groups in total. The lowest BCUT2D eigenvalue weighted by molar-refractivity contribution is -0.122. The fraction of sp³-hybridized carbons (Fsp3) is 0.250. The molecule has 1 fully saturated rings. The second kappa shape index (κ2) is 11.5. The number of nitrogens with one attached hydrogen (secondary N) is 2. The Hall–Kier alpha value is -4.53. The van der Waals surface area contributed by atoms with E-state index in [1.165, 1.54) is 17.0 Å². The third-order valence-corrected chi connectivity index (χ3v) is 6.25. The summed E-state index contributed by atoms with van der Waals surface area (Å²) in [6, 6.07) is 14.1. The molecule has 1 saturated carbocycles. The molecule has 0 atom stereocenters. The molecule has 1 aliphatic carbocycles. The average Bonchev–Trinajstić information content (AvgIpc) is 3.66. The molecule has 4 aromatic rings. The molecule has 37 heavy (non-hydrogen) atoms. The Morgan fingerprint density at radius 2 is 1.84 bits per heavy atom. The van der Waals surface area contributed by atoms with E-state index in [9.17, 15) is 9.59 Å². The molecular formula is C28H29N7O2. The van der Waals surface area contributed by atoms with E-state index in [2.05, 4.69) is 20.7 Å². The highest BCUT2D eigenvalue weighted by atomic mass is 16.2. The van der Waals surface area contributed by atoms with Crippen LogP contribution in [0.5, 0.6) is 0 Å². The molecule has 0 saturated heterocycles. The van der Waals surface area contributed by atoms with Crippen LogP contribution >= 0.6 is 0 Å². The molecule has 9 heteroatoms. The van der Waals surface area contributed by atoms with E-state index in [-0.39, 0.29) is 24.4 Å². The van der Waals surface area contributed by atoms with Gasteiger partial charge in [-0.2, -0.15) is 10.2 Å². The number of carbonyl (C=O) groups excluding carboxylic acids is 2. The van der Waals surface area contributed by atoms with Gasteiger partial charge in [-0.25, -0.2) is 0 Å². The topological polar surface area (TPSA) is 107 Å².